The molecule has 0 N–H and O–H groups in total. The van der Waals surface area contributed by atoms with Crippen molar-refractivity contribution in [1.82, 2.24) is 0 Å². The summed E-state index contributed by atoms with van der Waals surface area (Å²) in [5, 5.41) is 10.5. The molecule has 68 valence electrons. The van der Waals surface area contributed by atoms with Crippen LogP contribution in [0.4, 0.5) is 0 Å². The summed E-state index contributed by atoms with van der Waals surface area (Å²) in [5.41, 5.74) is 1.20. The van der Waals surface area contributed by atoms with E-state index in [1.54, 1.807) is 12.3 Å². The molecule has 0 aliphatic heterocycles. The first-order chi connectivity index (χ1) is 6.81. The quantitative estimate of drug-likeness (QED) is 0.636. The van der Waals surface area contributed by atoms with Crippen LogP contribution in [0.15, 0.2) is 36.4 Å². The third-order valence-electron chi connectivity index (χ3n) is 2.15. The van der Waals surface area contributed by atoms with E-state index in [-0.39, 0.29) is 0 Å². The van der Waals surface area contributed by atoms with Gasteiger partial charge in [0, 0.05) is 5.39 Å². The molecule has 0 heterocycles. The van der Waals surface area contributed by atoms with Crippen molar-refractivity contribution in [2.24, 2.45) is 0 Å². The molecular formula is C12H9NO. The minimum atomic E-state index is 0.616. The molecule has 0 spiro atoms. The second kappa shape index (κ2) is 3.39. The van der Waals surface area contributed by atoms with Gasteiger partial charge in [-0.15, -0.1) is 5.26 Å². The highest BCUT2D eigenvalue weighted by Gasteiger charge is 2.00. The summed E-state index contributed by atoms with van der Waals surface area (Å²) in [6.45, 7) is 2.04. The second-order valence-electron chi connectivity index (χ2n) is 3.17. The summed E-state index contributed by atoms with van der Waals surface area (Å²) in [6.07, 6.45) is 1.69. The molecule has 0 atom stereocenters. The van der Waals surface area contributed by atoms with Gasteiger partial charge in [0.15, 0.2) is 0 Å². The predicted octanol–water partition coefficient (Wildman–Crippen LogP) is 3.01. The minimum absolute atomic E-state index is 0.616. The van der Waals surface area contributed by atoms with Gasteiger partial charge in [0.05, 0.1) is 0 Å². The number of hydrogen-bond donors (Lipinski definition) is 0. The Labute approximate surface area is 82.3 Å². The van der Waals surface area contributed by atoms with Gasteiger partial charge in [0.2, 0.25) is 0 Å². The van der Waals surface area contributed by atoms with Gasteiger partial charge in [0.1, 0.15) is 5.75 Å². The number of benzene rings is 2. The van der Waals surface area contributed by atoms with Crippen molar-refractivity contribution in [3.8, 4) is 12.0 Å². The molecule has 0 saturated carbocycles. The third-order valence-corrected chi connectivity index (χ3v) is 2.15. The van der Waals surface area contributed by atoms with E-state index < -0.39 is 0 Å². The van der Waals surface area contributed by atoms with Crippen molar-refractivity contribution in [2.45, 2.75) is 6.92 Å². The zero-order valence-electron chi connectivity index (χ0n) is 7.82. The number of nitriles is 1. The molecule has 0 bridgehead atoms. The summed E-state index contributed by atoms with van der Waals surface area (Å²) < 4.78 is 4.86. The molecule has 0 fully saturated rings. The van der Waals surface area contributed by atoms with Gasteiger partial charge in [-0.2, -0.15) is 0 Å². The number of hydrogen-bond acceptors (Lipinski definition) is 2. The van der Waals surface area contributed by atoms with Crippen LogP contribution in [-0.2, 0) is 0 Å². The Morgan fingerprint density at radius 1 is 1.21 bits per heavy atom. The molecule has 0 amide bonds. The molecule has 2 heteroatoms. The molecule has 0 saturated heterocycles. The second-order valence-corrected chi connectivity index (χ2v) is 3.17. The van der Waals surface area contributed by atoms with Crippen LogP contribution >= 0.6 is 0 Å². The van der Waals surface area contributed by atoms with Crippen LogP contribution < -0.4 is 4.74 Å². The standard InChI is InChI=1S/C12H9NO/c1-9-5-6-11-10(7-9)3-2-4-12(11)14-8-13/h2-7H,1H3. The van der Waals surface area contributed by atoms with E-state index in [0.29, 0.717) is 5.75 Å². The fourth-order valence-corrected chi connectivity index (χ4v) is 1.51. The van der Waals surface area contributed by atoms with E-state index >= 15 is 0 Å². The fourth-order valence-electron chi connectivity index (χ4n) is 1.51. The number of rotatable bonds is 1. The first-order valence-corrected chi connectivity index (χ1v) is 4.36. The van der Waals surface area contributed by atoms with Crippen molar-refractivity contribution in [3.63, 3.8) is 0 Å². The third kappa shape index (κ3) is 1.40. The fraction of sp³-hybridized carbons (Fsp3) is 0.0833. The highest BCUT2D eigenvalue weighted by molar-refractivity contribution is 5.88. The first kappa shape index (κ1) is 8.58. The van der Waals surface area contributed by atoms with E-state index in [2.05, 4.69) is 6.07 Å². The Hall–Kier alpha value is -2.01. The molecule has 0 radical (unpaired) electrons. The molecule has 0 aliphatic carbocycles. The van der Waals surface area contributed by atoms with E-state index in [9.17, 15) is 0 Å². The first-order valence-electron chi connectivity index (χ1n) is 4.36. The largest absolute Gasteiger partial charge is 0.387 e. The topological polar surface area (TPSA) is 33.0 Å². The van der Waals surface area contributed by atoms with Gasteiger partial charge >= 0.3 is 0 Å². The van der Waals surface area contributed by atoms with Gasteiger partial charge in [-0.05, 0) is 18.4 Å². The highest BCUT2D eigenvalue weighted by Crippen LogP contribution is 2.25. The van der Waals surface area contributed by atoms with Crippen LogP contribution in [0.25, 0.3) is 10.8 Å². The number of nitrogens with zero attached hydrogens (tertiary/aromatic N) is 1. The van der Waals surface area contributed by atoms with Gasteiger partial charge < -0.3 is 4.74 Å². The van der Waals surface area contributed by atoms with Crippen LogP contribution in [0.1, 0.15) is 5.56 Å². The van der Waals surface area contributed by atoms with E-state index in [1.165, 1.54) is 5.56 Å². The normalized spacial score (nSPS) is 9.71. The lowest BCUT2D eigenvalue weighted by molar-refractivity contribution is 0.513. The van der Waals surface area contributed by atoms with Gasteiger partial charge in [-0.3, -0.25) is 0 Å². The average molecular weight is 183 g/mol. The molecule has 2 nitrogen and oxygen atoms in total. The lowest BCUT2D eigenvalue weighted by Gasteiger charge is -2.03. The summed E-state index contributed by atoms with van der Waals surface area (Å²) in [7, 11) is 0. The summed E-state index contributed by atoms with van der Waals surface area (Å²) in [4.78, 5) is 0. The zero-order valence-corrected chi connectivity index (χ0v) is 7.82. The Morgan fingerprint density at radius 2 is 2.07 bits per heavy atom. The average Bonchev–Trinajstić information content (AvgIpc) is 2.18. The maximum Gasteiger partial charge on any atom is 0.292 e. The SMILES string of the molecule is Cc1ccc2c(OC#N)cccc2c1. The Kier molecular flexibility index (Phi) is 2.08. The summed E-state index contributed by atoms with van der Waals surface area (Å²) >= 11 is 0. The zero-order chi connectivity index (χ0) is 9.97. The van der Waals surface area contributed by atoms with Gasteiger partial charge in [-0.25, -0.2) is 0 Å². The van der Waals surface area contributed by atoms with Crippen LogP contribution in [0.3, 0.4) is 0 Å². The molecule has 0 unspecified atom stereocenters. The molecule has 2 aromatic rings. The van der Waals surface area contributed by atoms with Crippen molar-refractivity contribution in [3.05, 3.63) is 42.0 Å². The van der Waals surface area contributed by atoms with Crippen LogP contribution in [0.5, 0.6) is 5.75 Å². The van der Waals surface area contributed by atoms with Gasteiger partial charge in [-0.1, -0.05) is 35.9 Å². The van der Waals surface area contributed by atoms with Crippen LogP contribution in [0.2, 0.25) is 0 Å². The predicted molar refractivity (Wildman–Crippen MR) is 54.9 cm³/mol. The van der Waals surface area contributed by atoms with E-state index in [1.807, 2.05) is 31.2 Å². The van der Waals surface area contributed by atoms with Crippen molar-refractivity contribution < 1.29 is 4.74 Å². The Balaban J connectivity index is 2.70. The Bertz CT molecular complexity index is 511. The maximum atomic E-state index is 8.46. The number of ether oxygens (including phenoxy) is 1. The van der Waals surface area contributed by atoms with Crippen molar-refractivity contribution in [2.75, 3.05) is 0 Å². The van der Waals surface area contributed by atoms with Crippen LogP contribution in [-0.4, -0.2) is 0 Å². The molecule has 14 heavy (non-hydrogen) atoms. The number of fused-ring (bicyclic) bond motifs is 1. The number of aryl methyl sites for hydroxylation is 1. The summed E-state index contributed by atoms with van der Waals surface area (Å²) in [6, 6.07) is 11.7. The molecular weight excluding hydrogens is 174 g/mol. The van der Waals surface area contributed by atoms with E-state index in [0.717, 1.165) is 10.8 Å². The molecule has 2 aromatic carbocycles. The Morgan fingerprint density at radius 3 is 2.86 bits per heavy atom. The monoisotopic (exact) mass is 183 g/mol. The molecule has 0 aromatic heterocycles. The minimum Gasteiger partial charge on any atom is -0.387 e. The summed E-state index contributed by atoms with van der Waals surface area (Å²) in [5.74, 6) is 0.616. The van der Waals surface area contributed by atoms with E-state index in [4.69, 9.17) is 10.00 Å². The lowest BCUT2D eigenvalue weighted by Crippen LogP contribution is -1.84. The van der Waals surface area contributed by atoms with Gasteiger partial charge in [0.25, 0.3) is 6.26 Å². The van der Waals surface area contributed by atoms with Crippen molar-refractivity contribution in [1.29, 1.82) is 5.26 Å². The molecule has 0 aliphatic rings. The highest BCUT2D eigenvalue weighted by atomic mass is 16.5. The lowest BCUT2D eigenvalue weighted by atomic mass is 10.1. The maximum absolute atomic E-state index is 8.46. The molecule has 2 rings (SSSR count). The van der Waals surface area contributed by atoms with Crippen molar-refractivity contribution >= 4 is 10.8 Å². The smallest absolute Gasteiger partial charge is 0.292 e. The van der Waals surface area contributed by atoms with Crippen LogP contribution in [0, 0.1) is 18.4 Å².